The number of furan rings is 1. The molecule has 0 amide bonds. The van der Waals surface area contributed by atoms with Crippen LogP contribution in [-0.2, 0) is 16.6 Å². The van der Waals surface area contributed by atoms with Crippen LogP contribution in [0.1, 0.15) is 30.8 Å². The predicted octanol–water partition coefficient (Wildman–Crippen LogP) is 1.14. The molecule has 2 rings (SSSR count). The first kappa shape index (κ1) is 12.6. The molecule has 5 nitrogen and oxygen atoms in total. The summed E-state index contributed by atoms with van der Waals surface area (Å²) in [5, 5.41) is 2.93. The monoisotopic (exact) mass is 258 g/mol. The van der Waals surface area contributed by atoms with Gasteiger partial charge in [-0.2, -0.15) is 0 Å². The normalized spacial score (nSPS) is 17.1. The molecule has 2 N–H and O–H groups in total. The molecular weight excluding hydrogens is 240 g/mol. The van der Waals surface area contributed by atoms with Gasteiger partial charge in [-0.1, -0.05) is 6.42 Å². The summed E-state index contributed by atoms with van der Waals surface area (Å²) < 4.78 is 32.3. The maximum Gasteiger partial charge on any atom is 0.244 e. The Balaban J connectivity index is 2.19. The lowest BCUT2D eigenvalue weighted by Crippen LogP contribution is -2.39. The smallest absolute Gasteiger partial charge is 0.244 e. The third-order valence-corrected chi connectivity index (χ3v) is 4.62. The Kier molecular flexibility index (Phi) is 3.56. The van der Waals surface area contributed by atoms with Crippen LogP contribution in [0.4, 0.5) is 0 Å². The van der Waals surface area contributed by atoms with Crippen molar-refractivity contribution in [3.63, 3.8) is 0 Å². The summed E-state index contributed by atoms with van der Waals surface area (Å²) >= 11 is 0. The quantitative estimate of drug-likeness (QED) is 0.830. The van der Waals surface area contributed by atoms with Crippen LogP contribution in [0.5, 0.6) is 0 Å². The van der Waals surface area contributed by atoms with E-state index in [-0.39, 0.29) is 10.9 Å². The molecule has 17 heavy (non-hydrogen) atoms. The average molecular weight is 258 g/mol. The van der Waals surface area contributed by atoms with Crippen molar-refractivity contribution >= 4 is 10.0 Å². The van der Waals surface area contributed by atoms with Crippen molar-refractivity contribution in [1.29, 1.82) is 0 Å². The number of hydrogen-bond donors (Lipinski definition) is 2. The Labute approximate surface area is 102 Å². The second-order valence-electron chi connectivity index (χ2n) is 4.41. The van der Waals surface area contributed by atoms with Crippen molar-refractivity contribution in [1.82, 2.24) is 10.0 Å². The highest BCUT2D eigenvalue weighted by atomic mass is 32.2. The van der Waals surface area contributed by atoms with Crippen molar-refractivity contribution < 1.29 is 12.8 Å². The first-order chi connectivity index (χ1) is 8.03. The van der Waals surface area contributed by atoms with Crippen molar-refractivity contribution in [3.8, 4) is 0 Å². The Morgan fingerprint density at radius 3 is 2.71 bits per heavy atom. The third kappa shape index (κ3) is 2.70. The minimum atomic E-state index is -3.42. The van der Waals surface area contributed by atoms with Gasteiger partial charge in [-0.15, -0.1) is 0 Å². The van der Waals surface area contributed by atoms with E-state index >= 15 is 0 Å². The highest BCUT2D eigenvalue weighted by Crippen LogP contribution is 2.24. The highest BCUT2D eigenvalue weighted by molar-refractivity contribution is 7.89. The van der Waals surface area contributed by atoms with E-state index in [1.807, 2.05) is 0 Å². The summed E-state index contributed by atoms with van der Waals surface area (Å²) in [4.78, 5) is 0.259. The molecule has 1 aromatic rings. The fraction of sp³-hybridized carbons (Fsp3) is 0.636. The van der Waals surface area contributed by atoms with Crippen LogP contribution in [0, 0.1) is 6.92 Å². The lowest BCUT2D eigenvalue weighted by Gasteiger charge is -2.25. The zero-order chi connectivity index (χ0) is 12.5. The lowest BCUT2D eigenvalue weighted by molar-refractivity contribution is 0.383. The highest BCUT2D eigenvalue weighted by Gasteiger charge is 2.27. The van der Waals surface area contributed by atoms with E-state index in [2.05, 4.69) is 10.0 Å². The predicted molar refractivity (Wildman–Crippen MR) is 64.2 cm³/mol. The van der Waals surface area contributed by atoms with Gasteiger partial charge in [0.25, 0.3) is 0 Å². The van der Waals surface area contributed by atoms with Crippen molar-refractivity contribution in [2.75, 3.05) is 7.05 Å². The minimum Gasteiger partial charge on any atom is -0.464 e. The van der Waals surface area contributed by atoms with Gasteiger partial charge in [-0.3, -0.25) is 0 Å². The Morgan fingerprint density at radius 2 is 2.18 bits per heavy atom. The molecule has 6 heteroatoms. The van der Waals surface area contributed by atoms with E-state index in [0.29, 0.717) is 18.1 Å². The standard InChI is InChI=1S/C11H18N2O3S/c1-8-11(6-10(16-8)7-12-2)17(14,15)13-9-4-3-5-9/h6,9,12-13H,3-5,7H2,1-2H3. The zero-order valence-electron chi connectivity index (χ0n) is 10.1. The lowest BCUT2D eigenvalue weighted by atomic mass is 9.94. The van der Waals surface area contributed by atoms with Gasteiger partial charge in [0.05, 0.1) is 6.54 Å². The molecule has 0 saturated heterocycles. The largest absolute Gasteiger partial charge is 0.464 e. The fourth-order valence-corrected chi connectivity index (χ4v) is 3.37. The van der Waals surface area contributed by atoms with E-state index in [1.165, 1.54) is 0 Å². The topological polar surface area (TPSA) is 71.3 Å². The number of rotatable bonds is 5. The van der Waals surface area contributed by atoms with Gasteiger partial charge in [0.2, 0.25) is 10.0 Å². The molecule has 0 spiro atoms. The van der Waals surface area contributed by atoms with Gasteiger partial charge in [0, 0.05) is 12.1 Å². The van der Waals surface area contributed by atoms with Gasteiger partial charge in [-0.05, 0) is 26.8 Å². The second kappa shape index (κ2) is 4.80. The first-order valence-corrected chi connectivity index (χ1v) is 7.27. The van der Waals surface area contributed by atoms with Crippen LogP contribution < -0.4 is 10.0 Å². The zero-order valence-corrected chi connectivity index (χ0v) is 10.9. The summed E-state index contributed by atoms with van der Waals surface area (Å²) in [7, 11) is -1.63. The van der Waals surface area contributed by atoms with E-state index in [4.69, 9.17) is 4.42 Å². The number of aryl methyl sites for hydroxylation is 1. The summed E-state index contributed by atoms with van der Waals surface area (Å²) in [5.74, 6) is 1.08. The maximum absolute atomic E-state index is 12.1. The van der Waals surface area contributed by atoms with Crippen molar-refractivity contribution in [3.05, 3.63) is 17.6 Å². The molecule has 1 aliphatic rings. The second-order valence-corrected chi connectivity index (χ2v) is 6.09. The van der Waals surface area contributed by atoms with E-state index in [9.17, 15) is 8.42 Å². The van der Waals surface area contributed by atoms with E-state index < -0.39 is 10.0 Å². The number of nitrogens with one attached hydrogen (secondary N) is 2. The van der Waals surface area contributed by atoms with Gasteiger partial charge in [-0.25, -0.2) is 13.1 Å². The Bertz CT molecular complexity index is 489. The molecule has 0 unspecified atom stereocenters. The van der Waals surface area contributed by atoms with Crippen molar-refractivity contribution in [2.45, 2.75) is 43.7 Å². The van der Waals surface area contributed by atoms with Crippen LogP contribution in [0.3, 0.4) is 0 Å². The molecule has 0 radical (unpaired) electrons. The molecule has 1 saturated carbocycles. The third-order valence-electron chi connectivity index (χ3n) is 2.99. The Morgan fingerprint density at radius 1 is 1.47 bits per heavy atom. The van der Waals surface area contributed by atoms with Crippen LogP contribution in [0.25, 0.3) is 0 Å². The van der Waals surface area contributed by atoms with E-state index in [0.717, 1.165) is 19.3 Å². The van der Waals surface area contributed by atoms with Gasteiger partial charge < -0.3 is 9.73 Å². The average Bonchev–Trinajstić information content (AvgIpc) is 2.55. The molecule has 0 aromatic carbocycles. The Hall–Kier alpha value is -0.850. The van der Waals surface area contributed by atoms with Crippen LogP contribution in [0.15, 0.2) is 15.4 Å². The number of hydrogen-bond acceptors (Lipinski definition) is 4. The fourth-order valence-electron chi connectivity index (χ4n) is 1.86. The maximum atomic E-state index is 12.1. The van der Waals surface area contributed by atoms with Crippen LogP contribution >= 0.6 is 0 Å². The summed E-state index contributed by atoms with van der Waals surface area (Å²) in [6.07, 6.45) is 2.96. The minimum absolute atomic E-state index is 0.0991. The van der Waals surface area contributed by atoms with Gasteiger partial charge in [0.1, 0.15) is 16.4 Å². The van der Waals surface area contributed by atoms with E-state index in [1.54, 1.807) is 20.0 Å². The molecule has 0 aliphatic heterocycles. The summed E-state index contributed by atoms with van der Waals surface area (Å²) in [6.45, 7) is 2.20. The SMILES string of the molecule is CNCc1cc(S(=O)(=O)NC2CCC2)c(C)o1. The molecule has 1 heterocycles. The van der Waals surface area contributed by atoms with Crippen LogP contribution in [-0.4, -0.2) is 21.5 Å². The van der Waals surface area contributed by atoms with Gasteiger partial charge >= 0.3 is 0 Å². The molecule has 1 aliphatic carbocycles. The van der Waals surface area contributed by atoms with Gasteiger partial charge in [0.15, 0.2) is 0 Å². The first-order valence-electron chi connectivity index (χ1n) is 5.79. The van der Waals surface area contributed by atoms with Crippen LogP contribution in [0.2, 0.25) is 0 Å². The molecule has 1 fully saturated rings. The number of sulfonamides is 1. The molecule has 1 aromatic heterocycles. The summed E-state index contributed by atoms with van der Waals surface area (Å²) in [6, 6.07) is 1.69. The molecule has 96 valence electrons. The molecule has 0 atom stereocenters. The molecular formula is C11H18N2O3S. The molecule has 0 bridgehead atoms. The van der Waals surface area contributed by atoms with Crippen molar-refractivity contribution in [2.24, 2.45) is 0 Å². The summed E-state index contributed by atoms with van der Waals surface area (Å²) in [5.41, 5.74) is 0.